The van der Waals surface area contributed by atoms with Crippen LogP contribution in [-0.2, 0) is 13.2 Å². The van der Waals surface area contributed by atoms with Crippen molar-refractivity contribution in [3.8, 4) is 17.2 Å². The van der Waals surface area contributed by atoms with Gasteiger partial charge in [-0.2, -0.15) is 0 Å². The number of ether oxygens (including phenoxy) is 2. The second-order valence-corrected chi connectivity index (χ2v) is 8.81. The van der Waals surface area contributed by atoms with Crippen molar-refractivity contribution >= 4 is 37.5 Å². The molecule has 0 spiro atoms. The van der Waals surface area contributed by atoms with Crippen LogP contribution in [0.3, 0.4) is 0 Å². The molecule has 0 heterocycles. The van der Waals surface area contributed by atoms with E-state index in [-0.39, 0.29) is 12.4 Å². The monoisotopic (exact) mass is 555 g/mol. The van der Waals surface area contributed by atoms with Gasteiger partial charge in [-0.15, -0.1) is 0 Å². The fourth-order valence-electron chi connectivity index (χ4n) is 3.10. The molecule has 32 heavy (non-hydrogen) atoms. The van der Waals surface area contributed by atoms with E-state index in [0.717, 1.165) is 37.3 Å². The summed E-state index contributed by atoms with van der Waals surface area (Å²) in [5, 5.41) is 3.41. The highest BCUT2D eigenvalue weighted by atomic mass is 79.9. The third-order valence-electron chi connectivity index (χ3n) is 4.66. The van der Waals surface area contributed by atoms with Gasteiger partial charge in [0.05, 0.1) is 8.95 Å². The van der Waals surface area contributed by atoms with Crippen molar-refractivity contribution in [2.75, 3.05) is 5.32 Å². The molecule has 6 heteroatoms. The number of hydrogen-bond donors (Lipinski definition) is 1. The molecule has 0 radical (unpaired) electrons. The summed E-state index contributed by atoms with van der Waals surface area (Å²) >= 11 is 7.16. The van der Waals surface area contributed by atoms with Gasteiger partial charge in [-0.05, 0) is 104 Å². The van der Waals surface area contributed by atoms with Gasteiger partial charge in [-0.25, -0.2) is 4.39 Å². The predicted octanol–water partition coefficient (Wildman–Crippen LogP) is 8.33. The van der Waals surface area contributed by atoms with E-state index in [9.17, 15) is 4.39 Å². The molecule has 0 aromatic heterocycles. The molecular formula is C26H20Br2FNO2. The lowest BCUT2D eigenvalue weighted by Gasteiger charge is -2.14. The molecule has 0 saturated heterocycles. The molecule has 0 aliphatic heterocycles. The number of anilines is 1. The zero-order valence-electron chi connectivity index (χ0n) is 17.0. The van der Waals surface area contributed by atoms with E-state index >= 15 is 0 Å². The summed E-state index contributed by atoms with van der Waals surface area (Å²) in [6.45, 7) is 0.921. The van der Waals surface area contributed by atoms with Gasteiger partial charge in [0, 0.05) is 12.2 Å². The zero-order chi connectivity index (χ0) is 22.3. The molecule has 0 amide bonds. The summed E-state index contributed by atoms with van der Waals surface area (Å²) in [7, 11) is 0. The van der Waals surface area contributed by atoms with E-state index < -0.39 is 0 Å². The van der Waals surface area contributed by atoms with Crippen LogP contribution in [0.5, 0.6) is 17.2 Å². The average molecular weight is 557 g/mol. The van der Waals surface area contributed by atoms with Crippen molar-refractivity contribution in [2.24, 2.45) is 0 Å². The first-order valence-electron chi connectivity index (χ1n) is 9.99. The van der Waals surface area contributed by atoms with Crippen LogP contribution in [0.15, 0.2) is 99.9 Å². The average Bonchev–Trinajstić information content (AvgIpc) is 2.79. The number of rotatable bonds is 8. The third kappa shape index (κ3) is 6.11. The van der Waals surface area contributed by atoms with Crippen molar-refractivity contribution in [1.82, 2.24) is 0 Å². The highest BCUT2D eigenvalue weighted by Gasteiger charge is 2.10. The van der Waals surface area contributed by atoms with Crippen LogP contribution in [-0.4, -0.2) is 0 Å². The molecule has 0 atom stereocenters. The van der Waals surface area contributed by atoms with Gasteiger partial charge in [0.1, 0.15) is 29.7 Å². The van der Waals surface area contributed by atoms with E-state index in [0.29, 0.717) is 12.3 Å². The molecule has 0 bridgehead atoms. The van der Waals surface area contributed by atoms with Crippen LogP contribution < -0.4 is 14.8 Å². The maximum atomic E-state index is 13.4. The second kappa shape index (κ2) is 10.7. The number of nitrogens with one attached hydrogen (secondary N) is 1. The topological polar surface area (TPSA) is 30.5 Å². The molecule has 0 fully saturated rings. The van der Waals surface area contributed by atoms with E-state index in [2.05, 4.69) is 37.2 Å². The van der Waals surface area contributed by atoms with Crippen LogP contribution in [0.4, 0.5) is 10.1 Å². The Hall–Kier alpha value is -2.83. The maximum Gasteiger partial charge on any atom is 0.148 e. The minimum Gasteiger partial charge on any atom is -0.487 e. The van der Waals surface area contributed by atoms with Gasteiger partial charge in [-0.3, -0.25) is 0 Å². The predicted molar refractivity (Wildman–Crippen MR) is 133 cm³/mol. The first-order chi connectivity index (χ1) is 15.6. The Morgan fingerprint density at radius 1 is 0.719 bits per heavy atom. The van der Waals surface area contributed by atoms with Crippen LogP contribution in [0.1, 0.15) is 11.1 Å². The lowest BCUT2D eigenvalue weighted by molar-refractivity contribution is 0.301. The summed E-state index contributed by atoms with van der Waals surface area (Å²) in [6, 6.07) is 27.9. The fourth-order valence-corrected chi connectivity index (χ4v) is 4.61. The highest BCUT2D eigenvalue weighted by molar-refractivity contribution is 9.11. The van der Waals surface area contributed by atoms with E-state index in [4.69, 9.17) is 9.47 Å². The molecule has 4 aromatic rings. The Kier molecular flexibility index (Phi) is 7.45. The summed E-state index contributed by atoms with van der Waals surface area (Å²) in [5.41, 5.74) is 2.84. The second-order valence-electron chi connectivity index (χ2n) is 7.10. The minimum absolute atomic E-state index is 0.273. The molecule has 3 nitrogen and oxygen atoms in total. The largest absolute Gasteiger partial charge is 0.487 e. The highest BCUT2D eigenvalue weighted by Crippen LogP contribution is 2.35. The van der Waals surface area contributed by atoms with Gasteiger partial charge in [0.25, 0.3) is 0 Å². The summed E-state index contributed by atoms with van der Waals surface area (Å²) in [5.74, 6) is 2.00. The molecule has 0 aliphatic rings. The van der Waals surface area contributed by atoms with Crippen molar-refractivity contribution in [2.45, 2.75) is 13.2 Å². The molecule has 0 unspecified atom stereocenters. The summed E-state index contributed by atoms with van der Waals surface area (Å²) in [6.07, 6.45) is 0. The smallest absolute Gasteiger partial charge is 0.148 e. The Morgan fingerprint density at radius 3 is 2.09 bits per heavy atom. The lowest BCUT2D eigenvalue weighted by atomic mass is 10.2. The van der Waals surface area contributed by atoms with Gasteiger partial charge >= 0.3 is 0 Å². The van der Waals surface area contributed by atoms with Gasteiger partial charge < -0.3 is 14.8 Å². The fraction of sp³-hybridized carbons (Fsp3) is 0.0769. The number of benzene rings is 4. The number of hydrogen-bond acceptors (Lipinski definition) is 3. The molecule has 4 rings (SSSR count). The van der Waals surface area contributed by atoms with Crippen LogP contribution in [0, 0.1) is 5.82 Å². The van der Waals surface area contributed by atoms with Crippen molar-refractivity contribution in [3.05, 3.63) is 117 Å². The lowest BCUT2D eigenvalue weighted by Crippen LogP contribution is -2.01. The third-order valence-corrected chi connectivity index (χ3v) is 5.84. The zero-order valence-corrected chi connectivity index (χ0v) is 20.2. The minimum atomic E-state index is -0.273. The van der Waals surface area contributed by atoms with Gasteiger partial charge in [-0.1, -0.05) is 30.3 Å². The quantitative estimate of drug-likeness (QED) is 0.236. The van der Waals surface area contributed by atoms with Crippen LogP contribution in [0.2, 0.25) is 0 Å². The van der Waals surface area contributed by atoms with E-state index in [1.54, 1.807) is 6.07 Å². The Balaban J connectivity index is 1.35. The van der Waals surface area contributed by atoms with Crippen molar-refractivity contribution in [3.63, 3.8) is 0 Å². The molecule has 162 valence electrons. The SMILES string of the molecule is Fc1cccc(COc2c(Br)cc(CNc3ccc(Oc4ccccc4)cc3)cc2Br)c1. The normalized spacial score (nSPS) is 10.6. The van der Waals surface area contributed by atoms with E-state index in [1.165, 1.54) is 12.1 Å². The summed E-state index contributed by atoms with van der Waals surface area (Å²) < 4.78 is 26.7. The Labute approximate surface area is 203 Å². The maximum absolute atomic E-state index is 13.4. The molecule has 0 saturated carbocycles. The number of halogens is 3. The Bertz CT molecular complexity index is 1160. The van der Waals surface area contributed by atoms with Gasteiger partial charge in [0.2, 0.25) is 0 Å². The standard InChI is InChI=1S/C26H20Br2FNO2/c27-24-14-19(15-25(28)26(24)31-17-18-5-4-6-20(29)13-18)16-30-21-9-11-23(12-10-21)32-22-7-2-1-3-8-22/h1-15,30H,16-17H2. The molecule has 1 N–H and O–H groups in total. The molecule has 4 aromatic carbocycles. The Morgan fingerprint density at radius 2 is 1.41 bits per heavy atom. The van der Waals surface area contributed by atoms with E-state index in [1.807, 2.05) is 72.8 Å². The van der Waals surface area contributed by atoms with Crippen LogP contribution >= 0.6 is 31.9 Å². The summed E-state index contributed by atoms with van der Waals surface area (Å²) in [4.78, 5) is 0. The first-order valence-corrected chi connectivity index (χ1v) is 11.6. The van der Waals surface area contributed by atoms with Crippen molar-refractivity contribution < 1.29 is 13.9 Å². The molecule has 0 aliphatic carbocycles. The molecular weight excluding hydrogens is 537 g/mol. The van der Waals surface area contributed by atoms with Crippen LogP contribution in [0.25, 0.3) is 0 Å². The van der Waals surface area contributed by atoms with Crippen molar-refractivity contribution in [1.29, 1.82) is 0 Å². The van der Waals surface area contributed by atoms with Gasteiger partial charge in [0.15, 0.2) is 0 Å². The number of para-hydroxylation sites is 1. The first kappa shape index (κ1) is 22.4.